The number of carbonyl (C=O) groups is 2. The van der Waals surface area contributed by atoms with Gasteiger partial charge in [0.2, 0.25) is 0 Å². The molecule has 0 saturated carbocycles. The number of hydrogen-bond donors (Lipinski definition) is 1. The van der Waals surface area contributed by atoms with E-state index < -0.39 is 23.6 Å². The minimum absolute atomic E-state index is 0.0720. The quantitative estimate of drug-likeness (QED) is 0.871. The first kappa shape index (κ1) is 20.0. The number of likely N-dealkylation sites (tertiary alicyclic amines) is 1. The minimum Gasteiger partial charge on any atom is -0.481 e. The van der Waals surface area contributed by atoms with Crippen LogP contribution in [0.4, 0.5) is 4.79 Å². The Morgan fingerprint density at radius 3 is 2.42 bits per heavy atom. The molecular formula is C19H28N2O5. The van der Waals surface area contributed by atoms with E-state index in [2.05, 4.69) is 0 Å². The summed E-state index contributed by atoms with van der Waals surface area (Å²) in [5, 5.41) is 9.72. The summed E-state index contributed by atoms with van der Waals surface area (Å²) in [6.45, 7) is 9.56. The number of pyridine rings is 1. The third-order valence-corrected chi connectivity index (χ3v) is 5.07. The minimum atomic E-state index is -0.971. The van der Waals surface area contributed by atoms with Gasteiger partial charge in [0.25, 0.3) is 5.56 Å². The Labute approximate surface area is 153 Å². The maximum Gasteiger partial charge on any atom is 0.410 e. The molecule has 1 N–H and O–H groups in total. The molecule has 1 aromatic heterocycles. The fourth-order valence-electron chi connectivity index (χ4n) is 3.42. The fraction of sp³-hybridized carbons (Fsp3) is 0.632. The number of nitrogens with zero attached hydrogens (tertiary/aromatic N) is 2. The normalized spacial score (nSPS) is 20.8. The van der Waals surface area contributed by atoms with Gasteiger partial charge in [0.1, 0.15) is 5.60 Å². The number of aliphatic carboxylic acids is 1. The molecule has 1 fully saturated rings. The van der Waals surface area contributed by atoms with Gasteiger partial charge in [-0.1, -0.05) is 0 Å². The molecule has 0 aliphatic carbocycles. The predicted molar refractivity (Wildman–Crippen MR) is 97.4 cm³/mol. The van der Waals surface area contributed by atoms with Crippen molar-refractivity contribution < 1.29 is 19.4 Å². The summed E-state index contributed by atoms with van der Waals surface area (Å²) in [6.07, 6.45) is -0.0250. The largest absolute Gasteiger partial charge is 0.481 e. The van der Waals surface area contributed by atoms with Gasteiger partial charge in [-0.05, 0) is 52.2 Å². The Hall–Kier alpha value is -2.31. The number of carboxylic acid groups (broad SMARTS) is 1. The SMILES string of the molecule is Cc1c([C@@H]2CCN(C(=O)OC(C)(C)C)C[C@H]2C(=O)O)cc(=O)n(C)c1C. The molecule has 7 heteroatoms. The van der Waals surface area contributed by atoms with Crippen molar-refractivity contribution in [1.82, 2.24) is 9.47 Å². The van der Waals surface area contributed by atoms with E-state index in [4.69, 9.17) is 4.74 Å². The molecule has 2 heterocycles. The van der Waals surface area contributed by atoms with Crippen LogP contribution in [0.2, 0.25) is 0 Å². The lowest BCUT2D eigenvalue weighted by Gasteiger charge is -2.38. The van der Waals surface area contributed by atoms with E-state index in [-0.39, 0.29) is 18.0 Å². The van der Waals surface area contributed by atoms with Crippen molar-refractivity contribution in [3.05, 3.63) is 33.2 Å². The predicted octanol–water partition coefficient (Wildman–Crippen LogP) is 2.43. The van der Waals surface area contributed by atoms with Crippen molar-refractivity contribution in [3.63, 3.8) is 0 Å². The van der Waals surface area contributed by atoms with E-state index in [0.717, 1.165) is 16.8 Å². The number of hydrogen-bond acceptors (Lipinski definition) is 4. The third-order valence-electron chi connectivity index (χ3n) is 5.07. The monoisotopic (exact) mass is 364 g/mol. The number of amides is 1. The van der Waals surface area contributed by atoms with Crippen LogP contribution in [0.3, 0.4) is 0 Å². The number of piperidine rings is 1. The number of ether oxygens (including phenoxy) is 1. The smallest absolute Gasteiger partial charge is 0.410 e. The Bertz CT molecular complexity index is 775. The molecule has 1 aliphatic heterocycles. The highest BCUT2D eigenvalue weighted by atomic mass is 16.6. The summed E-state index contributed by atoms with van der Waals surface area (Å²) in [6, 6.07) is 1.53. The standard InChI is InChI=1S/C19H28N2O5/c1-11-12(2)20(6)16(22)9-14(11)13-7-8-21(10-15(13)17(23)24)18(25)26-19(3,4)5/h9,13,15H,7-8,10H2,1-6H3,(H,23,24)/t13-,15+/m0/s1. The first-order valence-electron chi connectivity index (χ1n) is 8.80. The lowest BCUT2D eigenvalue weighted by atomic mass is 9.79. The molecule has 0 bridgehead atoms. The van der Waals surface area contributed by atoms with Crippen LogP contribution in [0, 0.1) is 19.8 Å². The van der Waals surface area contributed by atoms with Crippen molar-refractivity contribution in [1.29, 1.82) is 0 Å². The first-order valence-corrected chi connectivity index (χ1v) is 8.80. The van der Waals surface area contributed by atoms with Crippen molar-refractivity contribution in [2.75, 3.05) is 13.1 Å². The van der Waals surface area contributed by atoms with E-state index in [9.17, 15) is 19.5 Å². The first-order chi connectivity index (χ1) is 11.9. The summed E-state index contributed by atoms with van der Waals surface area (Å²) < 4.78 is 6.92. The molecule has 0 spiro atoms. The molecule has 7 nitrogen and oxygen atoms in total. The number of carboxylic acids is 1. The van der Waals surface area contributed by atoms with Gasteiger partial charge in [0.05, 0.1) is 5.92 Å². The number of carbonyl (C=O) groups excluding carboxylic acids is 1. The zero-order valence-electron chi connectivity index (χ0n) is 16.3. The van der Waals surface area contributed by atoms with Gasteiger partial charge in [-0.2, -0.15) is 0 Å². The molecule has 0 unspecified atom stereocenters. The molecule has 0 aromatic carbocycles. The maximum absolute atomic E-state index is 12.3. The van der Waals surface area contributed by atoms with Crippen molar-refractivity contribution >= 4 is 12.1 Å². The third kappa shape index (κ3) is 4.08. The Kier molecular flexibility index (Phi) is 5.49. The molecular weight excluding hydrogens is 336 g/mol. The second-order valence-electron chi connectivity index (χ2n) is 7.97. The number of aromatic nitrogens is 1. The molecule has 2 rings (SSSR count). The second kappa shape index (κ2) is 7.13. The average molecular weight is 364 g/mol. The average Bonchev–Trinajstić information content (AvgIpc) is 2.54. The summed E-state index contributed by atoms with van der Waals surface area (Å²) in [5.41, 5.74) is 1.73. The fourth-order valence-corrected chi connectivity index (χ4v) is 3.42. The topological polar surface area (TPSA) is 88.8 Å². The van der Waals surface area contributed by atoms with Crippen LogP contribution in [0.25, 0.3) is 0 Å². The highest BCUT2D eigenvalue weighted by molar-refractivity contribution is 5.74. The van der Waals surface area contributed by atoms with E-state index in [1.54, 1.807) is 32.4 Å². The highest BCUT2D eigenvalue weighted by Gasteiger charge is 2.39. The zero-order valence-corrected chi connectivity index (χ0v) is 16.3. The lowest BCUT2D eigenvalue weighted by Crippen LogP contribution is -2.47. The summed E-state index contributed by atoms with van der Waals surface area (Å²) in [5.74, 6) is -2.05. The molecule has 1 aliphatic rings. The lowest BCUT2D eigenvalue weighted by molar-refractivity contribution is -0.144. The van der Waals surface area contributed by atoms with Gasteiger partial charge < -0.3 is 19.3 Å². The van der Waals surface area contributed by atoms with Crippen LogP contribution in [0.5, 0.6) is 0 Å². The molecule has 2 atom stereocenters. The van der Waals surface area contributed by atoms with E-state index in [0.29, 0.717) is 13.0 Å². The molecule has 26 heavy (non-hydrogen) atoms. The van der Waals surface area contributed by atoms with Gasteiger partial charge >= 0.3 is 12.1 Å². The van der Waals surface area contributed by atoms with Crippen LogP contribution in [-0.4, -0.2) is 45.3 Å². The van der Waals surface area contributed by atoms with Gasteiger partial charge in [-0.25, -0.2) is 4.79 Å². The van der Waals surface area contributed by atoms with Gasteiger partial charge in [0, 0.05) is 37.8 Å². The van der Waals surface area contributed by atoms with Crippen molar-refractivity contribution in [2.24, 2.45) is 13.0 Å². The molecule has 1 saturated heterocycles. The van der Waals surface area contributed by atoms with Crippen molar-refractivity contribution in [3.8, 4) is 0 Å². The summed E-state index contributed by atoms with van der Waals surface area (Å²) >= 11 is 0. The van der Waals surface area contributed by atoms with E-state index in [1.807, 2.05) is 13.8 Å². The molecule has 0 radical (unpaired) electrons. The van der Waals surface area contributed by atoms with Gasteiger partial charge in [-0.15, -0.1) is 0 Å². The van der Waals surface area contributed by atoms with Crippen LogP contribution in [-0.2, 0) is 16.6 Å². The maximum atomic E-state index is 12.3. The van der Waals surface area contributed by atoms with Crippen molar-refractivity contribution in [2.45, 2.75) is 52.6 Å². The second-order valence-corrected chi connectivity index (χ2v) is 7.97. The van der Waals surface area contributed by atoms with Gasteiger partial charge in [0.15, 0.2) is 0 Å². The molecule has 1 aromatic rings. The summed E-state index contributed by atoms with van der Waals surface area (Å²) in [4.78, 5) is 37.8. The van der Waals surface area contributed by atoms with Crippen LogP contribution >= 0.6 is 0 Å². The zero-order chi connectivity index (χ0) is 19.8. The molecule has 1 amide bonds. The van der Waals surface area contributed by atoms with Gasteiger partial charge in [-0.3, -0.25) is 9.59 Å². The van der Waals surface area contributed by atoms with Crippen LogP contribution in [0.1, 0.15) is 49.9 Å². The number of rotatable bonds is 2. The Morgan fingerprint density at radius 2 is 1.88 bits per heavy atom. The van der Waals surface area contributed by atoms with Crippen LogP contribution < -0.4 is 5.56 Å². The van der Waals surface area contributed by atoms with E-state index >= 15 is 0 Å². The summed E-state index contributed by atoms with van der Waals surface area (Å²) in [7, 11) is 1.70. The van der Waals surface area contributed by atoms with Crippen LogP contribution in [0.15, 0.2) is 10.9 Å². The highest BCUT2D eigenvalue weighted by Crippen LogP contribution is 2.35. The van der Waals surface area contributed by atoms with E-state index in [1.165, 1.54) is 11.0 Å². The Balaban J connectivity index is 2.32. The Morgan fingerprint density at radius 1 is 1.27 bits per heavy atom. The molecule has 144 valence electrons.